The van der Waals surface area contributed by atoms with Crippen LogP contribution in [0.4, 0.5) is 17.1 Å². The van der Waals surface area contributed by atoms with Gasteiger partial charge in [-0.25, -0.2) is 0 Å². The molecule has 0 saturated carbocycles. The van der Waals surface area contributed by atoms with E-state index >= 15 is 0 Å². The van der Waals surface area contributed by atoms with Crippen LogP contribution in [-0.4, -0.2) is 31.4 Å². The van der Waals surface area contributed by atoms with Crippen molar-refractivity contribution in [3.8, 4) is 6.07 Å². The molecule has 0 bridgehead atoms. The topological polar surface area (TPSA) is 76.4 Å². The van der Waals surface area contributed by atoms with Crippen LogP contribution in [0, 0.1) is 11.3 Å². The maximum absolute atomic E-state index is 12.5. The summed E-state index contributed by atoms with van der Waals surface area (Å²) in [7, 11) is 0. The van der Waals surface area contributed by atoms with Gasteiger partial charge in [-0.05, 0) is 55.7 Å². The van der Waals surface area contributed by atoms with Crippen molar-refractivity contribution < 1.29 is 9.59 Å². The quantitative estimate of drug-likeness (QED) is 0.866. The van der Waals surface area contributed by atoms with Crippen LogP contribution in [0.3, 0.4) is 0 Å². The highest BCUT2D eigenvalue weighted by Crippen LogP contribution is 2.23. The second-order valence-electron chi connectivity index (χ2n) is 6.88. The Labute approximate surface area is 165 Å². The highest BCUT2D eigenvalue weighted by molar-refractivity contribution is 6.02. The first-order chi connectivity index (χ1) is 13.6. The van der Waals surface area contributed by atoms with Crippen molar-refractivity contribution >= 4 is 28.9 Å². The molecule has 144 valence electrons. The Hall–Kier alpha value is -3.33. The Balaban J connectivity index is 1.66. The van der Waals surface area contributed by atoms with Gasteiger partial charge in [0.15, 0.2) is 0 Å². The first kappa shape index (κ1) is 19.4. The van der Waals surface area contributed by atoms with Gasteiger partial charge in [0.1, 0.15) is 12.6 Å². The first-order valence-electron chi connectivity index (χ1n) is 9.50. The minimum Gasteiger partial charge on any atom is -0.372 e. The van der Waals surface area contributed by atoms with E-state index in [4.69, 9.17) is 0 Å². The number of anilines is 3. The summed E-state index contributed by atoms with van der Waals surface area (Å²) in [5.74, 6) is -0.605. The van der Waals surface area contributed by atoms with Crippen molar-refractivity contribution in [1.29, 1.82) is 5.26 Å². The molecule has 6 nitrogen and oxygen atoms in total. The molecule has 0 aliphatic carbocycles. The number of nitrogens with zero attached hydrogens (tertiary/aromatic N) is 3. The molecule has 2 amide bonds. The van der Waals surface area contributed by atoms with Crippen molar-refractivity contribution in [3.05, 3.63) is 54.1 Å². The molecule has 1 saturated heterocycles. The lowest BCUT2D eigenvalue weighted by Gasteiger charge is -2.28. The third-order valence-electron chi connectivity index (χ3n) is 4.87. The molecule has 3 rings (SSSR count). The summed E-state index contributed by atoms with van der Waals surface area (Å²) in [4.78, 5) is 28.2. The van der Waals surface area contributed by atoms with Gasteiger partial charge in [0.05, 0.1) is 11.3 Å². The van der Waals surface area contributed by atoms with E-state index in [0.29, 0.717) is 16.9 Å². The van der Waals surface area contributed by atoms with Gasteiger partial charge in [0, 0.05) is 31.4 Å². The van der Waals surface area contributed by atoms with E-state index in [1.54, 1.807) is 24.3 Å². The average molecular weight is 376 g/mol. The van der Waals surface area contributed by atoms with Gasteiger partial charge >= 0.3 is 0 Å². The minimum atomic E-state index is -0.311. The molecule has 6 heteroatoms. The summed E-state index contributed by atoms with van der Waals surface area (Å²) in [6.07, 6.45) is 3.71. The molecule has 0 spiro atoms. The van der Waals surface area contributed by atoms with E-state index in [-0.39, 0.29) is 18.4 Å². The molecule has 2 aromatic carbocycles. The van der Waals surface area contributed by atoms with Gasteiger partial charge in [-0.3, -0.25) is 9.59 Å². The third-order valence-corrected chi connectivity index (χ3v) is 4.87. The second kappa shape index (κ2) is 9.05. The van der Waals surface area contributed by atoms with E-state index in [0.717, 1.165) is 18.8 Å². The van der Waals surface area contributed by atoms with Gasteiger partial charge in [-0.1, -0.05) is 12.1 Å². The van der Waals surface area contributed by atoms with Gasteiger partial charge in [0.25, 0.3) is 0 Å². The molecule has 0 atom stereocenters. The van der Waals surface area contributed by atoms with Gasteiger partial charge in [0.2, 0.25) is 11.8 Å². The van der Waals surface area contributed by atoms with Crippen molar-refractivity contribution in [2.45, 2.75) is 26.2 Å². The fourth-order valence-corrected chi connectivity index (χ4v) is 3.42. The molecule has 0 radical (unpaired) electrons. The van der Waals surface area contributed by atoms with E-state index in [9.17, 15) is 14.9 Å². The monoisotopic (exact) mass is 376 g/mol. The number of para-hydroxylation sites is 1. The summed E-state index contributed by atoms with van der Waals surface area (Å²) in [5.41, 5.74) is 2.64. The summed E-state index contributed by atoms with van der Waals surface area (Å²) in [6, 6.07) is 16.6. The zero-order chi connectivity index (χ0) is 19.9. The van der Waals surface area contributed by atoms with Gasteiger partial charge in [-0.15, -0.1) is 0 Å². The fraction of sp³-hybridized carbons (Fsp3) is 0.318. The Kier molecular flexibility index (Phi) is 6.28. The molecule has 2 aromatic rings. The molecular weight excluding hydrogens is 352 g/mol. The molecule has 1 aliphatic heterocycles. The van der Waals surface area contributed by atoms with Crippen LogP contribution in [0.15, 0.2) is 48.5 Å². The highest BCUT2D eigenvalue weighted by atomic mass is 16.2. The van der Waals surface area contributed by atoms with Crippen LogP contribution in [0.5, 0.6) is 0 Å². The van der Waals surface area contributed by atoms with E-state index in [1.165, 1.54) is 31.1 Å². The Morgan fingerprint density at radius 1 is 1.07 bits per heavy atom. The van der Waals surface area contributed by atoms with E-state index < -0.39 is 0 Å². The van der Waals surface area contributed by atoms with E-state index in [2.05, 4.69) is 16.3 Å². The zero-order valence-corrected chi connectivity index (χ0v) is 16.0. The number of hydrogen-bond donors (Lipinski definition) is 1. The fourth-order valence-electron chi connectivity index (χ4n) is 3.42. The van der Waals surface area contributed by atoms with Crippen molar-refractivity contribution in [3.63, 3.8) is 0 Å². The maximum Gasteiger partial charge on any atom is 0.244 e. The second-order valence-corrected chi connectivity index (χ2v) is 6.88. The summed E-state index contributed by atoms with van der Waals surface area (Å²) < 4.78 is 0. The Morgan fingerprint density at radius 3 is 2.39 bits per heavy atom. The standard InChI is InChI=1S/C22H24N4O2/c1-17(27)26(21-8-4-3-7-18(21)15-23)16-22(28)24-19-9-11-20(12-10-19)25-13-5-2-6-14-25/h3-4,7-12H,2,5-6,13-14,16H2,1H3,(H,24,28). The van der Waals surface area contributed by atoms with Gasteiger partial charge < -0.3 is 15.1 Å². The van der Waals surface area contributed by atoms with Crippen molar-refractivity contribution in [1.82, 2.24) is 0 Å². The lowest BCUT2D eigenvalue weighted by Crippen LogP contribution is -2.37. The van der Waals surface area contributed by atoms with Crippen LogP contribution in [0.1, 0.15) is 31.7 Å². The van der Waals surface area contributed by atoms with Crippen LogP contribution in [-0.2, 0) is 9.59 Å². The smallest absolute Gasteiger partial charge is 0.244 e. The van der Waals surface area contributed by atoms with Crippen molar-refractivity contribution in [2.75, 3.05) is 34.8 Å². The summed E-state index contributed by atoms with van der Waals surface area (Å²) >= 11 is 0. The lowest BCUT2D eigenvalue weighted by atomic mass is 10.1. The highest BCUT2D eigenvalue weighted by Gasteiger charge is 2.19. The predicted octanol–water partition coefficient (Wildman–Crippen LogP) is 3.54. The molecule has 1 N–H and O–H groups in total. The number of amides is 2. The average Bonchev–Trinajstić information content (AvgIpc) is 2.73. The first-order valence-corrected chi connectivity index (χ1v) is 9.50. The summed E-state index contributed by atoms with van der Waals surface area (Å²) in [6.45, 7) is 3.37. The van der Waals surface area contributed by atoms with Crippen LogP contribution in [0.2, 0.25) is 0 Å². The number of hydrogen-bond acceptors (Lipinski definition) is 4. The third kappa shape index (κ3) is 4.68. The number of carbonyl (C=O) groups excluding carboxylic acids is 2. The van der Waals surface area contributed by atoms with Gasteiger partial charge in [-0.2, -0.15) is 5.26 Å². The van der Waals surface area contributed by atoms with E-state index in [1.807, 2.05) is 24.3 Å². The van der Waals surface area contributed by atoms with Crippen molar-refractivity contribution in [2.24, 2.45) is 0 Å². The lowest BCUT2D eigenvalue weighted by molar-refractivity contribution is -0.120. The number of piperidine rings is 1. The number of rotatable bonds is 5. The largest absolute Gasteiger partial charge is 0.372 e. The maximum atomic E-state index is 12.5. The predicted molar refractivity (Wildman–Crippen MR) is 110 cm³/mol. The molecule has 28 heavy (non-hydrogen) atoms. The number of benzene rings is 2. The number of carbonyl (C=O) groups is 2. The Morgan fingerprint density at radius 2 is 1.75 bits per heavy atom. The number of nitriles is 1. The molecule has 1 fully saturated rings. The van der Waals surface area contributed by atoms with Crippen LogP contribution < -0.4 is 15.1 Å². The van der Waals surface area contributed by atoms with Crippen LogP contribution in [0.25, 0.3) is 0 Å². The number of nitrogens with one attached hydrogen (secondary N) is 1. The SMILES string of the molecule is CC(=O)N(CC(=O)Nc1ccc(N2CCCCC2)cc1)c1ccccc1C#N. The minimum absolute atomic E-state index is 0.151. The zero-order valence-electron chi connectivity index (χ0n) is 16.0. The molecule has 1 aliphatic rings. The molecule has 0 aromatic heterocycles. The molecule has 1 heterocycles. The molecular formula is C22H24N4O2. The summed E-state index contributed by atoms with van der Waals surface area (Å²) in [5, 5.41) is 12.1. The molecule has 0 unspecified atom stereocenters. The normalized spacial score (nSPS) is 13.5. The van der Waals surface area contributed by atoms with Crippen LogP contribution >= 0.6 is 0 Å². The Bertz CT molecular complexity index is 880.